The smallest absolute Gasteiger partial charge is 0.306 e. The van der Waals surface area contributed by atoms with Gasteiger partial charge < -0.3 is 14.2 Å². The van der Waals surface area contributed by atoms with Crippen LogP contribution in [-0.2, 0) is 19.0 Å². The Hall–Kier alpha value is -1.39. The summed E-state index contributed by atoms with van der Waals surface area (Å²) >= 11 is 0. The van der Waals surface area contributed by atoms with Crippen LogP contribution in [0.2, 0.25) is 0 Å². The minimum absolute atomic E-state index is 0.0241. The molecule has 0 amide bonds. The van der Waals surface area contributed by atoms with Crippen LogP contribution >= 0.6 is 0 Å². The molecule has 4 heteroatoms. The molecule has 0 radical (unpaired) electrons. The highest BCUT2D eigenvalue weighted by Gasteiger charge is 2.44. The van der Waals surface area contributed by atoms with Gasteiger partial charge in [0.2, 0.25) is 0 Å². The summed E-state index contributed by atoms with van der Waals surface area (Å²) < 4.78 is 17.1. The van der Waals surface area contributed by atoms with Crippen molar-refractivity contribution in [2.24, 2.45) is 5.92 Å². The van der Waals surface area contributed by atoms with Crippen LogP contribution in [-0.4, -0.2) is 24.5 Å². The van der Waals surface area contributed by atoms with E-state index < -0.39 is 5.79 Å². The minimum Gasteiger partial charge on any atom is -0.466 e. The Bertz CT molecular complexity index is 469. The summed E-state index contributed by atoms with van der Waals surface area (Å²) in [6.45, 7) is 8.02. The molecule has 1 aromatic rings. The monoisotopic (exact) mass is 292 g/mol. The zero-order valence-corrected chi connectivity index (χ0v) is 13.2. The lowest BCUT2D eigenvalue weighted by Crippen LogP contribution is -2.28. The number of carbonyl (C=O) groups is 1. The van der Waals surface area contributed by atoms with E-state index >= 15 is 0 Å². The molecule has 3 atom stereocenters. The van der Waals surface area contributed by atoms with Crippen LogP contribution in [0.1, 0.15) is 45.8 Å². The van der Waals surface area contributed by atoms with E-state index in [-0.39, 0.29) is 24.1 Å². The summed E-state index contributed by atoms with van der Waals surface area (Å²) in [5, 5.41) is 0. The fourth-order valence-corrected chi connectivity index (χ4v) is 2.70. The summed E-state index contributed by atoms with van der Waals surface area (Å²) in [5.74, 6) is -0.810. The second kappa shape index (κ2) is 6.58. The van der Waals surface area contributed by atoms with Gasteiger partial charge in [-0.2, -0.15) is 0 Å². The maximum atomic E-state index is 11.7. The molecule has 0 saturated carbocycles. The predicted molar refractivity (Wildman–Crippen MR) is 79.6 cm³/mol. The van der Waals surface area contributed by atoms with E-state index in [2.05, 4.69) is 0 Å². The molecule has 1 aliphatic heterocycles. The topological polar surface area (TPSA) is 44.8 Å². The molecular formula is C17H24O4. The molecule has 1 aromatic carbocycles. The van der Waals surface area contributed by atoms with Crippen molar-refractivity contribution < 1.29 is 19.0 Å². The number of esters is 1. The van der Waals surface area contributed by atoms with Crippen LogP contribution in [0.25, 0.3) is 0 Å². The Labute approximate surface area is 126 Å². The highest BCUT2D eigenvalue weighted by molar-refractivity contribution is 5.69. The summed E-state index contributed by atoms with van der Waals surface area (Å²) in [5.41, 5.74) is 1.07. The highest BCUT2D eigenvalue weighted by atomic mass is 16.8. The van der Waals surface area contributed by atoms with Gasteiger partial charge in [-0.15, -0.1) is 0 Å². The summed E-state index contributed by atoms with van der Waals surface area (Å²) in [7, 11) is 0. The number of carbonyl (C=O) groups excluding carboxylic acids is 1. The van der Waals surface area contributed by atoms with E-state index in [0.717, 1.165) is 5.56 Å². The van der Waals surface area contributed by atoms with Crippen molar-refractivity contribution in [3.05, 3.63) is 35.9 Å². The molecular weight excluding hydrogens is 268 g/mol. The lowest BCUT2D eigenvalue weighted by Gasteiger charge is -2.23. The molecule has 0 spiro atoms. The lowest BCUT2D eigenvalue weighted by molar-refractivity contribution is -0.155. The maximum absolute atomic E-state index is 11.7. The zero-order chi connectivity index (χ0) is 15.5. The Morgan fingerprint density at radius 1 is 1.29 bits per heavy atom. The minimum atomic E-state index is -0.645. The fraction of sp³-hybridized carbons (Fsp3) is 0.588. The number of benzene rings is 1. The molecule has 4 nitrogen and oxygen atoms in total. The molecule has 0 aromatic heterocycles. The van der Waals surface area contributed by atoms with E-state index in [1.54, 1.807) is 0 Å². The van der Waals surface area contributed by atoms with Crippen LogP contribution in [0.3, 0.4) is 0 Å². The van der Waals surface area contributed by atoms with E-state index in [4.69, 9.17) is 14.2 Å². The third kappa shape index (κ3) is 4.05. The van der Waals surface area contributed by atoms with Crippen LogP contribution < -0.4 is 0 Å². The largest absolute Gasteiger partial charge is 0.466 e. The van der Waals surface area contributed by atoms with Gasteiger partial charge >= 0.3 is 5.97 Å². The number of hydrogen-bond donors (Lipinski definition) is 0. The predicted octanol–water partition coefficient (Wildman–Crippen LogP) is 3.47. The van der Waals surface area contributed by atoms with Gasteiger partial charge in [-0.05, 0) is 32.3 Å². The first kappa shape index (κ1) is 16.0. The second-order valence-corrected chi connectivity index (χ2v) is 5.92. The first-order valence-corrected chi connectivity index (χ1v) is 7.49. The molecule has 1 heterocycles. The van der Waals surface area contributed by atoms with Gasteiger partial charge in [-0.1, -0.05) is 37.3 Å². The molecule has 0 N–H and O–H groups in total. The van der Waals surface area contributed by atoms with E-state index in [0.29, 0.717) is 13.0 Å². The van der Waals surface area contributed by atoms with Crippen molar-refractivity contribution in [1.82, 2.24) is 0 Å². The molecule has 0 bridgehead atoms. The zero-order valence-electron chi connectivity index (χ0n) is 13.2. The molecule has 1 fully saturated rings. The Morgan fingerprint density at radius 2 is 1.95 bits per heavy atom. The average molecular weight is 292 g/mol. The normalized spacial score (nSPS) is 25.5. The standard InChI is InChI=1S/C17H24O4/c1-5-19-14(18)11-12(2)15-16(21-17(3,4)20-15)13-9-7-6-8-10-13/h6-10,12,15-16H,5,11H2,1-4H3/t12-,15-,16-/m1/s1. The van der Waals surface area contributed by atoms with Gasteiger partial charge in [0.15, 0.2) is 5.79 Å². The first-order valence-electron chi connectivity index (χ1n) is 7.49. The van der Waals surface area contributed by atoms with Gasteiger partial charge in [-0.3, -0.25) is 4.79 Å². The van der Waals surface area contributed by atoms with Crippen molar-refractivity contribution in [1.29, 1.82) is 0 Å². The van der Waals surface area contributed by atoms with E-state index in [1.165, 1.54) is 0 Å². The Balaban J connectivity index is 2.13. The molecule has 0 unspecified atom stereocenters. The van der Waals surface area contributed by atoms with Crippen molar-refractivity contribution in [2.75, 3.05) is 6.61 Å². The molecule has 116 valence electrons. The Kier molecular flexibility index (Phi) is 5.01. The van der Waals surface area contributed by atoms with Crippen LogP contribution in [0, 0.1) is 5.92 Å². The molecule has 1 aliphatic rings. The van der Waals surface area contributed by atoms with Crippen molar-refractivity contribution in [2.45, 2.75) is 52.1 Å². The average Bonchev–Trinajstić information content (AvgIpc) is 2.76. The van der Waals surface area contributed by atoms with E-state index in [9.17, 15) is 4.79 Å². The van der Waals surface area contributed by atoms with Crippen molar-refractivity contribution in [3.8, 4) is 0 Å². The van der Waals surface area contributed by atoms with Crippen LogP contribution in [0.4, 0.5) is 0 Å². The van der Waals surface area contributed by atoms with Crippen LogP contribution in [0.15, 0.2) is 30.3 Å². The van der Waals surface area contributed by atoms with Gasteiger partial charge in [0.1, 0.15) is 6.10 Å². The first-order chi connectivity index (χ1) is 9.93. The van der Waals surface area contributed by atoms with Crippen LogP contribution in [0.5, 0.6) is 0 Å². The summed E-state index contributed by atoms with van der Waals surface area (Å²) in [6.07, 6.45) is 0.0128. The molecule has 1 saturated heterocycles. The van der Waals surface area contributed by atoms with Gasteiger partial charge in [0.25, 0.3) is 0 Å². The third-order valence-electron chi connectivity index (χ3n) is 3.61. The number of ether oxygens (including phenoxy) is 3. The molecule has 21 heavy (non-hydrogen) atoms. The van der Waals surface area contributed by atoms with Gasteiger partial charge in [0, 0.05) is 0 Å². The number of hydrogen-bond acceptors (Lipinski definition) is 4. The quantitative estimate of drug-likeness (QED) is 0.780. The van der Waals surface area contributed by atoms with Gasteiger partial charge in [-0.25, -0.2) is 0 Å². The maximum Gasteiger partial charge on any atom is 0.306 e. The summed E-state index contributed by atoms with van der Waals surface area (Å²) in [6, 6.07) is 9.99. The van der Waals surface area contributed by atoms with Crippen molar-refractivity contribution >= 4 is 5.97 Å². The summed E-state index contributed by atoms with van der Waals surface area (Å²) in [4.78, 5) is 11.7. The fourth-order valence-electron chi connectivity index (χ4n) is 2.70. The molecule has 0 aliphatic carbocycles. The van der Waals surface area contributed by atoms with E-state index in [1.807, 2.05) is 58.0 Å². The Morgan fingerprint density at radius 3 is 2.57 bits per heavy atom. The van der Waals surface area contributed by atoms with Gasteiger partial charge in [0.05, 0.1) is 19.1 Å². The lowest BCUT2D eigenvalue weighted by atomic mass is 9.92. The molecule has 2 rings (SSSR count). The number of rotatable bonds is 5. The third-order valence-corrected chi connectivity index (χ3v) is 3.61. The second-order valence-electron chi connectivity index (χ2n) is 5.92. The SMILES string of the molecule is CCOC(=O)C[C@@H](C)[C@H]1OC(C)(C)O[C@@H]1c1ccccc1. The highest BCUT2D eigenvalue weighted by Crippen LogP contribution is 2.42. The van der Waals surface area contributed by atoms with Crippen molar-refractivity contribution in [3.63, 3.8) is 0 Å².